The summed E-state index contributed by atoms with van der Waals surface area (Å²) in [6, 6.07) is 9.34. The van der Waals surface area contributed by atoms with E-state index in [4.69, 9.17) is 0 Å². The molecule has 0 saturated carbocycles. The molecule has 1 N–H and O–H groups in total. The van der Waals surface area contributed by atoms with E-state index in [0.717, 1.165) is 5.69 Å². The predicted octanol–water partition coefficient (Wildman–Crippen LogP) is 2.43. The zero-order valence-corrected chi connectivity index (χ0v) is 9.48. The van der Waals surface area contributed by atoms with E-state index in [-0.39, 0.29) is 11.7 Å². The summed E-state index contributed by atoms with van der Waals surface area (Å²) in [6.45, 7) is 0.503. The van der Waals surface area contributed by atoms with Crippen molar-refractivity contribution < 1.29 is 9.18 Å². The fraction of sp³-hybridized carbons (Fsp3) is 0.154. The fourth-order valence-electron chi connectivity index (χ4n) is 1.61. The highest BCUT2D eigenvalue weighted by atomic mass is 19.1. The molecular weight excluding hydrogens is 219 g/mol. The summed E-state index contributed by atoms with van der Waals surface area (Å²) in [4.78, 5) is 16.6. The number of nitrogens with one attached hydrogen (secondary N) is 1. The van der Waals surface area contributed by atoms with Gasteiger partial charge in [0.05, 0.1) is 6.54 Å². The lowest BCUT2D eigenvalue weighted by atomic mass is 10.2. The Labute approximate surface area is 98.9 Å². The second-order valence-electron chi connectivity index (χ2n) is 3.86. The average Bonchev–Trinajstić information content (AvgIpc) is 2.82. The van der Waals surface area contributed by atoms with E-state index in [9.17, 15) is 9.18 Å². The largest absolute Gasteiger partial charge is 0.364 e. The van der Waals surface area contributed by atoms with Crippen molar-refractivity contribution in [2.24, 2.45) is 0 Å². The van der Waals surface area contributed by atoms with Crippen LogP contribution in [0.5, 0.6) is 0 Å². The van der Waals surface area contributed by atoms with E-state index in [1.165, 1.54) is 24.3 Å². The van der Waals surface area contributed by atoms with Gasteiger partial charge in [-0.3, -0.25) is 4.79 Å². The van der Waals surface area contributed by atoms with Crippen molar-refractivity contribution >= 4 is 5.91 Å². The number of H-pyrrole nitrogens is 1. The van der Waals surface area contributed by atoms with E-state index in [2.05, 4.69) is 4.98 Å². The van der Waals surface area contributed by atoms with Crippen LogP contribution in [0.1, 0.15) is 16.1 Å². The number of halogens is 1. The molecule has 2 aromatic rings. The molecule has 0 saturated heterocycles. The minimum Gasteiger partial charge on any atom is -0.364 e. The maximum atomic E-state index is 12.7. The molecule has 0 aliphatic carbocycles. The molecule has 0 fully saturated rings. The molecule has 0 unspecified atom stereocenters. The monoisotopic (exact) mass is 232 g/mol. The number of rotatable bonds is 3. The Morgan fingerprint density at radius 3 is 2.59 bits per heavy atom. The van der Waals surface area contributed by atoms with Gasteiger partial charge in [0.2, 0.25) is 0 Å². The maximum absolute atomic E-state index is 12.7. The van der Waals surface area contributed by atoms with E-state index in [0.29, 0.717) is 12.1 Å². The smallest absolute Gasteiger partial charge is 0.253 e. The van der Waals surface area contributed by atoms with Gasteiger partial charge in [-0.1, -0.05) is 0 Å². The third kappa shape index (κ3) is 2.72. The molecule has 1 heterocycles. The van der Waals surface area contributed by atoms with Crippen molar-refractivity contribution in [3.63, 3.8) is 0 Å². The predicted molar refractivity (Wildman–Crippen MR) is 63.0 cm³/mol. The Morgan fingerprint density at radius 2 is 2.00 bits per heavy atom. The quantitative estimate of drug-likeness (QED) is 0.866. The van der Waals surface area contributed by atoms with Crippen LogP contribution in [0.2, 0.25) is 0 Å². The number of carbonyl (C=O) groups excluding carboxylic acids is 1. The number of hydrogen-bond donors (Lipinski definition) is 1. The molecule has 4 heteroatoms. The zero-order valence-electron chi connectivity index (χ0n) is 9.48. The first kappa shape index (κ1) is 11.4. The first-order valence-corrected chi connectivity index (χ1v) is 5.30. The van der Waals surface area contributed by atoms with Crippen LogP contribution in [-0.4, -0.2) is 22.8 Å². The van der Waals surface area contributed by atoms with Crippen LogP contribution in [0.3, 0.4) is 0 Å². The molecule has 1 amide bonds. The second-order valence-corrected chi connectivity index (χ2v) is 3.86. The molecule has 0 atom stereocenters. The highest BCUT2D eigenvalue weighted by Gasteiger charge is 2.11. The summed E-state index contributed by atoms with van der Waals surface area (Å²) in [5, 5.41) is 0. The molecule has 1 aromatic carbocycles. The Balaban J connectivity index is 2.07. The van der Waals surface area contributed by atoms with Crippen LogP contribution in [0.15, 0.2) is 42.6 Å². The van der Waals surface area contributed by atoms with Crippen molar-refractivity contribution in [1.82, 2.24) is 9.88 Å². The zero-order chi connectivity index (χ0) is 12.3. The van der Waals surface area contributed by atoms with Crippen LogP contribution in [-0.2, 0) is 6.54 Å². The lowest BCUT2D eigenvalue weighted by molar-refractivity contribution is 0.0783. The minimum absolute atomic E-state index is 0.125. The van der Waals surface area contributed by atoms with E-state index < -0.39 is 0 Å². The normalized spacial score (nSPS) is 10.2. The van der Waals surface area contributed by atoms with Crippen molar-refractivity contribution in [1.29, 1.82) is 0 Å². The summed E-state index contributed by atoms with van der Waals surface area (Å²) in [6.07, 6.45) is 1.81. The van der Waals surface area contributed by atoms with Gasteiger partial charge in [-0.15, -0.1) is 0 Å². The number of hydrogen-bond acceptors (Lipinski definition) is 1. The molecule has 0 bridgehead atoms. The van der Waals surface area contributed by atoms with Gasteiger partial charge >= 0.3 is 0 Å². The van der Waals surface area contributed by atoms with Gasteiger partial charge in [0.15, 0.2) is 0 Å². The number of aromatic nitrogens is 1. The fourth-order valence-corrected chi connectivity index (χ4v) is 1.61. The summed E-state index contributed by atoms with van der Waals surface area (Å²) in [7, 11) is 1.71. The number of amides is 1. The molecule has 0 aliphatic heterocycles. The van der Waals surface area contributed by atoms with Crippen LogP contribution >= 0.6 is 0 Å². The Morgan fingerprint density at radius 1 is 1.29 bits per heavy atom. The molecule has 3 nitrogen and oxygen atoms in total. The first-order chi connectivity index (χ1) is 8.16. The maximum Gasteiger partial charge on any atom is 0.253 e. The van der Waals surface area contributed by atoms with Crippen LogP contribution in [0.25, 0.3) is 0 Å². The van der Waals surface area contributed by atoms with E-state index >= 15 is 0 Å². The average molecular weight is 232 g/mol. The molecule has 0 radical (unpaired) electrons. The van der Waals surface area contributed by atoms with Gasteiger partial charge in [0.25, 0.3) is 5.91 Å². The third-order valence-corrected chi connectivity index (χ3v) is 2.51. The Kier molecular flexibility index (Phi) is 3.23. The molecule has 17 heavy (non-hydrogen) atoms. The standard InChI is InChI=1S/C13H13FN2O/c1-16(9-12-3-2-8-15-12)13(17)10-4-6-11(14)7-5-10/h2-8,15H,9H2,1H3. The van der Waals surface area contributed by atoms with Gasteiger partial charge in [-0.2, -0.15) is 0 Å². The van der Waals surface area contributed by atoms with Crippen LogP contribution in [0.4, 0.5) is 4.39 Å². The number of nitrogens with zero attached hydrogens (tertiary/aromatic N) is 1. The number of aromatic amines is 1. The third-order valence-electron chi connectivity index (χ3n) is 2.51. The van der Waals surface area contributed by atoms with Crippen molar-refractivity contribution in [3.8, 4) is 0 Å². The lowest BCUT2D eigenvalue weighted by Crippen LogP contribution is -2.26. The summed E-state index contributed by atoms with van der Waals surface area (Å²) in [5.41, 5.74) is 1.45. The summed E-state index contributed by atoms with van der Waals surface area (Å²) in [5.74, 6) is -0.465. The van der Waals surface area contributed by atoms with E-state index in [1.54, 1.807) is 11.9 Å². The topological polar surface area (TPSA) is 36.1 Å². The Hall–Kier alpha value is -2.10. The highest BCUT2D eigenvalue weighted by molar-refractivity contribution is 5.93. The number of benzene rings is 1. The van der Waals surface area contributed by atoms with Gasteiger partial charge < -0.3 is 9.88 Å². The first-order valence-electron chi connectivity index (χ1n) is 5.30. The van der Waals surface area contributed by atoms with Gasteiger partial charge in [-0.05, 0) is 36.4 Å². The van der Waals surface area contributed by atoms with E-state index in [1.807, 2.05) is 18.3 Å². The molecular formula is C13H13FN2O. The summed E-state index contributed by atoms with van der Waals surface area (Å²) < 4.78 is 12.7. The Bertz CT molecular complexity index is 491. The molecule has 0 aliphatic rings. The van der Waals surface area contributed by atoms with Crippen molar-refractivity contribution in [2.75, 3.05) is 7.05 Å². The molecule has 0 spiro atoms. The highest BCUT2D eigenvalue weighted by Crippen LogP contribution is 2.08. The molecule has 1 aromatic heterocycles. The van der Waals surface area contributed by atoms with Gasteiger partial charge in [-0.25, -0.2) is 4.39 Å². The molecule has 2 rings (SSSR count). The van der Waals surface area contributed by atoms with Gasteiger partial charge in [0, 0.05) is 24.5 Å². The van der Waals surface area contributed by atoms with Crippen molar-refractivity contribution in [3.05, 3.63) is 59.7 Å². The van der Waals surface area contributed by atoms with Crippen molar-refractivity contribution in [2.45, 2.75) is 6.54 Å². The van der Waals surface area contributed by atoms with Crippen LogP contribution in [0, 0.1) is 5.82 Å². The second kappa shape index (κ2) is 4.82. The minimum atomic E-state index is -0.339. The lowest BCUT2D eigenvalue weighted by Gasteiger charge is -2.16. The van der Waals surface area contributed by atoms with Crippen LogP contribution < -0.4 is 0 Å². The van der Waals surface area contributed by atoms with Gasteiger partial charge in [0.1, 0.15) is 5.82 Å². The SMILES string of the molecule is CN(Cc1ccc[nH]1)C(=O)c1ccc(F)cc1. The number of carbonyl (C=O) groups is 1. The molecule has 88 valence electrons. The summed E-state index contributed by atoms with van der Waals surface area (Å²) >= 11 is 0.